The van der Waals surface area contributed by atoms with E-state index < -0.39 is 6.09 Å². The molecule has 0 bridgehead atoms. The molecule has 0 aliphatic carbocycles. The third-order valence-corrected chi connectivity index (χ3v) is 1.55. The Kier molecular flexibility index (Phi) is 3.73. The number of rotatable bonds is 3. The lowest BCUT2D eigenvalue weighted by Crippen LogP contribution is -2.22. The molecule has 1 aromatic rings. The number of carbonyl (C=O) groups is 1. The molecule has 74 valence electrons. The average molecular weight is 191 g/mol. The van der Waals surface area contributed by atoms with Crippen LogP contribution in [0.4, 0.5) is 4.79 Å². The molecule has 3 heteroatoms. The van der Waals surface area contributed by atoms with Crippen LogP contribution in [0.25, 0.3) is 0 Å². The van der Waals surface area contributed by atoms with Crippen molar-refractivity contribution in [3.8, 4) is 0 Å². The first-order chi connectivity index (χ1) is 6.68. The number of hydrogen-bond acceptors (Lipinski definition) is 2. The molecule has 0 saturated carbocycles. The first-order valence-electron chi connectivity index (χ1n) is 4.33. The Morgan fingerprint density at radius 2 is 2.07 bits per heavy atom. The van der Waals surface area contributed by atoms with E-state index in [1.54, 1.807) is 6.92 Å². The molecule has 1 amide bonds. The zero-order chi connectivity index (χ0) is 10.4. The van der Waals surface area contributed by atoms with Gasteiger partial charge in [-0.15, -0.1) is 0 Å². The largest absolute Gasteiger partial charge is 0.416 e. The van der Waals surface area contributed by atoms with Crippen LogP contribution in [0.5, 0.6) is 0 Å². The summed E-state index contributed by atoms with van der Waals surface area (Å²) in [5.41, 5.74) is 1.03. The number of amides is 1. The SMILES string of the molecule is C=C(C)OC(=O)NCc1ccccc1. The third kappa shape index (κ3) is 3.76. The minimum absolute atomic E-state index is 0.385. The van der Waals surface area contributed by atoms with Gasteiger partial charge in [-0.2, -0.15) is 0 Å². The molecule has 0 radical (unpaired) electrons. The quantitative estimate of drug-likeness (QED) is 0.745. The molecular formula is C11H13NO2. The van der Waals surface area contributed by atoms with Gasteiger partial charge in [0, 0.05) is 6.54 Å². The molecule has 0 fully saturated rings. The first kappa shape index (κ1) is 10.3. The number of allylic oxidation sites excluding steroid dienone is 1. The number of nitrogens with one attached hydrogen (secondary N) is 1. The number of ether oxygens (including phenoxy) is 1. The van der Waals surface area contributed by atoms with Gasteiger partial charge in [-0.1, -0.05) is 36.9 Å². The van der Waals surface area contributed by atoms with Crippen molar-refractivity contribution >= 4 is 6.09 Å². The molecule has 1 rings (SSSR count). The zero-order valence-corrected chi connectivity index (χ0v) is 8.12. The zero-order valence-electron chi connectivity index (χ0n) is 8.12. The maximum atomic E-state index is 11.0. The van der Waals surface area contributed by atoms with E-state index in [-0.39, 0.29) is 0 Å². The highest BCUT2D eigenvalue weighted by atomic mass is 16.6. The van der Waals surface area contributed by atoms with Crippen LogP contribution in [0.2, 0.25) is 0 Å². The minimum atomic E-state index is -0.471. The van der Waals surface area contributed by atoms with Crippen molar-refractivity contribution in [3.63, 3.8) is 0 Å². The number of alkyl carbamates (subject to hydrolysis) is 1. The van der Waals surface area contributed by atoms with Crippen molar-refractivity contribution in [1.29, 1.82) is 0 Å². The van der Waals surface area contributed by atoms with Gasteiger partial charge in [-0.25, -0.2) is 4.79 Å². The van der Waals surface area contributed by atoms with Gasteiger partial charge >= 0.3 is 6.09 Å². The second-order valence-corrected chi connectivity index (χ2v) is 2.93. The van der Waals surface area contributed by atoms with Gasteiger partial charge in [0.1, 0.15) is 0 Å². The highest BCUT2D eigenvalue weighted by Crippen LogP contribution is 1.98. The number of carbonyl (C=O) groups excluding carboxylic acids is 1. The fraction of sp³-hybridized carbons (Fsp3) is 0.182. The summed E-state index contributed by atoms with van der Waals surface area (Å²) in [5.74, 6) is 0.385. The Bertz CT molecular complexity index is 319. The summed E-state index contributed by atoms with van der Waals surface area (Å²) in [5, 5.41) is 2.61. The summed E-state index contributed by atoms with van der Waals surface area (Å²) in [7, 11) is 0. The van der Waals surface area contributed by atoms with Crippen LogP contribution in [-0.4, -0.2) is 6.09 Å². The smallest absolute Gasteiger partial charge is 0.412 e. The molecule has 0 heterocycles. The molecule has 0 unspecified atom stereocenters. The molecule has 0 saturated heterocycles. The highest BCUT2D eigenvalue weighted by molar-refractivity contribution is 5.68. The molecule has 1 aromatic carbocycles. The van der Waals surface area contributed by atoms with Gasteiger partial charge < -0.3 is 10.1 Å². The molecule has 0 aliphatic heterocycles. The standard InChI is InChI=1S/C11H13NO2/c1-9(2)14-11(13)12-8-10-6-4-3-5-7-10/h3-7H,1,8H2,2H3,(H,12,13). The van der Waals surface area contributed by atoms with E-state index in [1.165, 1.54) is 0 Å². The van der Waals surface area contributed by atoms with Gasteiger partial charge in [0.05, 0.1) is 5.76 Å². The van der Waals surface area contributed by atoms with Crippen LogP contribution in [0.15, 0.2) is 42.7 Å². The second kappa shape index (κ2) is 5.07. The van der Waals surface area contributed by atoms with E-state index in [2.05, 4.69) is 11.9 Å². The molecule has 0 spiro atoms. The summed E-state index contributed by atoms with van der Waals surface area (Å²) in [6, 6.07) is 9.63. The molecule has 0 aromatic heterocycles. The van der Waals surface area contributed by atoms with Crippen molar-refractivity contribution < 1.29 is 9.53 Å². The van der Waals surface area contributed by atoms with Gasteiger partial charge in [-0.05, 0) is 12.5 Å². The predicted octanol–water partition coefficient (Wildman–Crippen LogP) is 2.45. The molecule has 1 N–H and O–H groups in total. The van der Waals surface area contributed by atoms with E-state index in [1.807, 2.05) is 30.3 Å². The number of hydrogen-bond donors (Lipinski definition) is 1. The van der Waals surface area contributed by atoms with Crippen LogP contribution in [0.1, 0.15) is 12.5 Å². The summed E-state index contributed by atoms with van der Waals surface area (Å²) in [6.07, 6.45) is -0.471. The summed E-state index contributed by atoms with van der Waals surface area (Å²) < 4.78 is 4.73. The van der Waals surface area contributed by atoms with Crippen molar-refractivity contribution in [1.82, 2.24) is 5.32 Å². The number of benzene rings is 1. The van der Waals surface area contributed by atoms with Crippen LogP contribution >= 0.6 is 0 Å². The topological polar surface area (TPSA) is 38.3 Å². The Hall–Kier alpha value is -1.77. The Balaban J connectivity index is 2.34. The van der Waals surface area contributed by atoms with Gasteiger partial charge in [0.25, 0.3) is 0 Å². The van der Waals surface area contributed by atoms with Gasteiger partial charge in [0.15, 0.2) is 0 Å². The van der Waals surface area contributed by atoms with Gasteiger partial charge in [0.2, 0.25) is 0 Å². The molecule has 0 atom stereocenters. The summed E-state index contributed by atoms with van der Waals surface area (Å²) >= 11 is 0. The summed E-state index contributed by atoms with van der Waals surface area (Å²) in [4.78, 5) is 11.0. The van der Waals surface area contributed by atoms with E-state index in [0.29, 0.717) is 12.3 Å². The first-order valence-corrected chi connectivity index (χ1v) is 4.33. The van der Waals surface area contributed by atoms with Crippen molar-refractivity contribution in [3.05, 3.63) is 48.2 Å². The lowest BCUT2D eigenvalue weighted by molar-refractivity contribution is 0.176. The van der Waals surface area contributed by atoms with Crippen molar-refractivity contribution in [2.75, 3.05) is 0 Å². The normalized spacial score (nSPS) is 9.21. The fourth-order valence-corrected chi connectivity index (χ4v) is 0.964. The summed E-state index contributed by atoms with van der Waals surface area (Å²) in [6.45, 7) is 5.56. The fourth-order valence-electron chi connectivity index (χ4n) is 0.964. The molecule has 0 aliphatic rings. The maximum absolute atomic E-state index is 11.0. The van der Waals surface area contributed by atoms with E-state index >= 15 is 0 Å². The van der Waals surface area contributed by atoms with Crippen molar-refractivity contribution in [2.24, 2.45) is 0 Å². The van der Waals surface area contributed by atoms with Crippen LogP contribution in [0.3, 0.4) is 0 Å². The maximum Gasteiger partial charge on any atom is 0.412 e. The van der Waals surface area contributed by atoms with E-state index in [9.17, 15) is 4.79 Å². The van der Waals surface area contributed by atoms with Crippen molar-refractivity contribution in [2.45, 2.75) is 13.5 Å². The second-order valence-electron chi connectivity index (χ2n) is 2.93. The molecular weight excluding hydrogens is 178 g/mol. The van der Waals surface area contributed by atoms with E-state index in [4.69, 9.17) is 4.74 Å². The predicted molar refractivity (Wildman–Crippen MR) is 54.6 cm³/mol. The lowest BCUT2D eigenvalue weighted by Gasteiger charge is -2.05. The third-order valence-electron chi connectivity index (χ3n) is 1.55. The Morgan fingerprint density at radius 3 is 2.64 bits per heavy atom. The average Bonchev–Trinajstić information content (AvgIpc) is 2.15. The monoisotopic (exact) mass is 191 g/mol. The van der Waals surface area contributed by atoms with Gasteiger partial charge in [-0.3, -0.25) is 0 Å². The highest BCUT2D eigenvalue weighted by Gasteiger charge is 2.00. The Labute approximate surface area is 83.4 Å². The van der Waals surface area contributed by atoms with Crippen LogP contribution in [0, 0.1) is 0 Å². The minimum Gasteiger partial charge on any atom is -0.416 e. The lowest BCUT2D eigenvalue weighted by atomic mass is 10.2. The van der Waals surface area contributed by atoms with Crippen LogP contribution in [-0.2, 0) is 11.3 Å². The van der Waals surface area contributed by atoms with Crippen LogP contribution < -0.4 is 5.32 Å². The molecule has 14 heavy (non-hydrogen) atoms. The Morgan fingerprint density at radius 1 is 1.43 bits per heavy atom. The van der Waals surface area contributed by atoms with E-state index in [0.717, 1.165) is 5.56 Å². The molecule has 3 nitrogen and oxygen atoms in total.